The molecule has 3 aromatic rings. The Bertz CT molecular complexity index is 1350. The third kappa shape index (κ3) is 6.72. The number of para-hydroxylation sites is 2. The van der Waals surface area contributed by atoms with Crippen molar-refractivity contribution in [3.63, 3.8) is 0 Å². The fourth-order valence-electron chi connectivity index (χ4n) is 4.46. The Labute approximate surface area is 240 Å². The van der Waals surface area contributed by atoms with Gasteiger partial charge >= 0.3 is 0 Å². The first kappa shape index (κ1) is 29.3. The molecular formula is C30H39N5O4S. The highest BCUT2D eigenvalue weighted by Gasteiger charge is 2.35. The Morgan fingerprint density at radius 2 is 1.82 bits per heavy atom. The summed E-state index contributed by atoms with van der Waals surface area (Å²) in [4.78, 5) is 18.7. The summed E-state index contributed by atoms with van der Waals surface area (Å²) in [5.41, 5.74) is 2.65. The number of ether oxygens (including phenoxy) is 3. The molecule has 0 saturated heterocycles. The molecule has 2 heterocycles. The number of anilines is 2. The maximum atomic E-state index is 14.0. The number of amides is 1. The molecule has 0 radical (unpaired) electrons. The largest absolute Gasteiger partial charge is 0.492 e. The molecule has 0 fully saturated rings. The average molecular weight is 566 g/mol. The molecule has 2 aromatic carbocycles. The van der Waals surface area contributed by atoms with Gasteiger partial charge in [0.05, 0.1) is 30.6 Å². The van der Waals surface area contributed by atoms with Gasteiger partial charge in [-0.2, -0.15) is 4.98 Å². The van der Waals surface area contributed by atoms with Gasteiger partial charge in [0, 0.05) is 11.4 Å². The number of rotatable bonds is 13. The van der Waals surface area contributed by atoms with Gasteiger partial charge in [-0.25, -0.2) is 4.68 Å². The highest BCUT2D eigenvalue weighted by atomic mass is 32.2. The molecular weight excluding hydrogens is 526 g/mol. The number of nitrogens with one attached hydrogen (secondary N) is 2. The molecule has 0 saturated carbocycles. The molecule has 1 atom stereocenters. The summed E-state index contributed by atoms with van der Waals surface area (Å²) < 4.78 is 19.5. The SMILES string of the molecule is CCCCSc1nc2n(n1)C(c1ccc(OC(C)C)c(OCC)c1)C(C(=O)Nc1ccccc1OCC)=C(C)N2. The Kier molecular flexibility index (Phi) is 9.98. The van der Waals surface area contributed by atoms with Crippen molar-refractivity contribution in [2.75, 3.05) is 29.6 Å². The molecule has 1 amide bonds. The van der Waals surface area contributed by atoms with Gasteiger partial charge in [-0.1, -0.05) is 43.3 Å². The Hall–Kier alpha value is -3.66. The van der Waals surface area contributed by atoms with Gasteiger partial charge in [0.1, 0.15) is 11.8 Å². The maximum Gasteiger partial charge on any atom is 0.255 e. The first-order valence-electron chi connectivity index (χ1n) is 13.9. The van der Waals surface area contributed by atoms with Crippen LogP contribution in [0.15, 0.2) is 58.9 Å². The molecule has 40 heavy (non-hydrogen) atoms. The summed E-state index contributed by atoms with van der Waals surface area (Å²) in [5.74, 6) is 3.14. The van der Waals surface area contributed by atoms with Crippen LogP contribution in [0.2, 0.25) is 0 Å². The van der Waals surface area contributed by atoms with Crippen molar-refractivity contribution >= 4 is 29.3 Å². The van der Waals surface area contributed by atoms with Gasteiger partial charge in [-0.15, -0.1) is 5.10 Å². The number of allylic oxidation sites excluding steroid dienone is 1. The zero-order valence-electron chi connectivity index (χ0n) is 24.1. The van der Waals surface area contributed by atoms with Crippen LogP contribution >= 0.6 is 11.8 Å². The topological polar surface area (TPSA) is 99.5 Å². The Morgan fingerprint density at radius 1 is 1.07 bits per heavy atom. The van der Waals surface area contributed by atoms with Crippen LogP contribution < -0.4 is 24.8 Å². The lowest BCUT2D eigenvalue weighted by atomic mass is 9.94. The van der Waals surface area contributed by atoms with E-state index in [0.29, 0.717) is 58.5 Å². The predicted molar refractivity (Wildman–Crippen MR) is 160 cm³/mol. The van der Waals surface area contributed by atoms with Crippen LogP contribution in [-0.4, -0.2) is 45.7 Å². The zero-order valence-corrected chi connectivity index (χ0v) is 24.9. The molecule has 1 unspecified atom stereocenters. The summed E-state index contributed by atoms with van der Waals surface area (Å²) in [6, 6.07) is 12.7. The van der Waals surface area contributed by atoms with E-state index in [9.17, 15) is 4.79 Å². The third-order valence-electron chi connectivity index (χ3n) is 6.19. The molecule has 2 N–H and O–H groups in total. The Morgan fingerprint density at radius 3 is 2.55 bits per heavy atom. The molecule has 1 aromatic heterocycles. The van der Waals surface area contributed by atoms with Crippen LogP contribution in [0.4, 0.5) is 11.6 Å². The number of hydrogen-bond donors (Lipinski definition) is 2. The van der Waals surface area contributed by atoms with Gasteiger partial charge in [0.2, 0.25) is 11.1 Å². The second-order valence-electron chi connectivity index (χ2n) is 9.62. The smallest absolute Gasteiger partial charge is 0.255 e. The predicted octanol–water partition coefficient (Wildman–Crippen LogP) is 6.68. The van der Waals surface area contributed by atoms with E-state index in [-0.39, 0.29) is 12.0 Å². The lowest BCUT2D eigenvalue weighted by Gasteiger charge is -2.29. The second-order valence-corrected chi connectivity index (χ2v) is 10.7. The van der Waals surface area contributed by atoms with Crippen molar-refractivity contribution in [2.24, 2.45) is 0 Å². The quantitative estimate of drug-likeness (QED) is 0.175. The van der Waals surface area contributed by atoms with Gasteiger partial charge in [-0.05, 0) is 70.9 Å². The molecule has 10 heteroatoms. The molecule has 0 aliphatic carbocycles. The number of thioether (sulfide) groups is 1. The molecule has 0 spiro atoms. The number of unbranched alkanes of at least 4 members (excludes halogenated alkanes) is 1. The van der Waals surface area contributed by atoms with Crippen LogP contribution in [0.3, 0.4) is 0 Å². The fourth-order valence-corrected chi connectivity index (χ4v) is 5.37. The molecule has 0 bridgehead atoms. The summed E-state index contributed by atoms with van der Waals surface area (Å²) in [5, 5.41) is 11.9. The number of hydrogen-bond acceptors (Lipinski definition) is 8. The standard InChI is InChI=1S/C30H39N5O4S/c1-7-10-17-40-30-33-29-31-20(6)26(28(36)32-22-13-11-12-14-23(22)37-8-2)27(35(29)34-30)21-15-16-24(39-19(4)5)25(18-21)38-9-3/h11-16,18-19,27H,7-10,17H2,1-6H3,(H,32,36)(H,31,33,34). The monoisotopic (exact) mass is 565 g/mol. The van der Waals surface area contributed by atoms with Gasteiger partial charge in [-0.3, -0.25) is 4.79 Å². The highest BCUT2D eigenvalue weighted by molar-refractivity contribution is 7.99. The maximum absolute atomic E-state index is 14.0. The number of fused-ring (bicyclic) bond motifs is 1. The van der Waals surface area contributed by atoms with E-state index >= 15 is 0 Å². The first-order chi connectivity index (χ1) is 19.4. The van der Waals surface area contributed by atoms with Crippen LogP contribution in [-0.2, 0) is 4.79 Å². The summed E-state index contributed by atoms with van der Waals surface area (Å²) in [7, 11) is 0. The first-order valence-corrected chi connectivity index (χ1v) is 14.9. The number of aromatic nitrogens is 3. The highest BCUT2D eigenvalue weighted by Crippen LogP contribution is 2.40. The van der Waals surface area contributed by atoms with E-state index in [1.54, 1.807) is 16.4 Å². The fraction of sp³-hybridized carbons (Fsp3) is 0.433. The van der Waals surface area contributed by atoms with Gasteiger partial charge in [0.15, 0.2) is 11.5 Å². The van der Waals surface area contributed by atoms with Crippen LogP contribution in [0.25, 0.3) is 0 Å². The van der Waals surface area contributed by atoms with E-state index in [1.807, 2.05) is 77.1 Å². The van der Waals surface area contributed by atoms with Crippen molar-refractivity contribution in [2.45, 2.75) is 71.7 Å². The van der Waals surface area contributed by atoms with E-state index in [4.69, 9.17) is 24.3 Å². The van der Waals surface area contributed by atoms with Crippen LogP contribution in [0, 0.1) is 0 Å². The summed E-state index contributed by atoms with van der Waals surface area (Å²) in [6.07, 6.45) is 2.16. The van der Waals surface area contributed by atoms with E-state index in [2.05, 4.69) is 17.6 Å². The molecule has 1 aliphatic heterocycles. The third-order valence-corrected chi connectivity index (χ3v) is 7.11. The number of benzene rings is 2. The van der Waals surface area contributed by atoms with Crippen LogP contribution in [0.5, 0.6) is 17.2 Å². The minimum atomic E-state index is -0.546. The van der Waals surface area contributed by atoms with Crippen molar-refractivity contribution in [1.29, 1.82) is 0 Å². The normalized spacial score (nSPS) is 14.5. The van der Waals surface area contributed by atoms with Crippen molar-refractivity contribution in [3.8, 4) is 17.2 Å². The molecule has 1 aliphatic rings. The summed E-state index contributed by atoms with van der Waals surface area (Å²) in [6.45, 7) is 12.8. The van der Waals surface area contributed by atoms with Crippen molar-refractivity contribution in [1.82, 2.24) is 14.8 Å². The van der Waals surface area contributed by atoms with Gasteiger partial charge < -0.3 is 24.8 Å². The van der Waals surface area contributed by atoms with Crippen LogP contribution in [0.1, 0.15) is 66.0 Å². The van der Waals surface area contributed by atoms with Crippen molar-refractivity contribution < 1.29 is 19.0 Å². The van der Waals surface area contributed by atoms with E-state index < -0.39 is 6.04 Å². The number of nitrogens with zero attached hydrogens (tertiary/aromatic N) is 3. The van der Waals surface area contributed by atoms with Crippen molar-refractivity contribution in [3.05, 3.63) is 59.3 Å². The lowest BCUT2D eigenvalue weighted by molar-refractivity contribution is -0.113. The van der Waals surface area contributed by atoms with Gasteiger partial charge in [0.25, 0.3) is 5.91 Å². The zero-order chi connectivity index (χ0) is 28.6. The second kappa shape index (κ2) is 13.6. The van der Waals surface area contributed by atoms with E-state index in [0.717, 1.165) is 24.2 Å². The molecule has 4 rings (SSSR count). The Balaban J connectivity index is 1.78. The average Bonchev–Trinajstić information content (AvgIpc) is 3.32. The number of carbonyl (C=O) groups is 1. The number of carbonyl (C=O) groups excluding carboxylic acids is 1. The minimum Gasteiger partial charge on any atom is -0.492 e. The van der Waals surface area contributed by atoms with E-state index in [1.165, 1.54) is 0 Å². The molecule has 214 valence electrons. The molecule has 9 nitrogen and oxygen atoms in total. The minimum absolute atomic E-state index is 0.0116. The lowest BCUT2D eigenvalue weighted by Crippen LogP contribution is -2.31. The summed E-state index contributed by atoms with van der Waals surface area (Å²) >= 11 is 1.61.